The Bertz CT molecular complexity index is 1440. The van der Waals surface area contributed by atoms with Gasteiger partial charge in [-0.3, -0.25) is 0 Å². The van der Waals surface area contributed by atoms with E-state index in [-0.39, 0.29) is 6.04 Å². The Hall–Kier alpha value is -3.18. The number of aromatic nitrogens is 5. The number of anilines is 2. The summed E-state index contributed by atoms with van der Waals surface area (Å²) in [6.45, 7) is 7.19. The molecule has 11 heteroatoms. The molecular weight excluding hydrogens is 442 g/mol. The lowest BCUT2D eigenvalue weighted by Crippen LogP contribution is -2.44. The fourth-order valence-corrected chi connectivity index (χ4v) is 5.22. The second-order valence-electron chi connectivity index (χ2n) is 8.42. The van der Waals surface area contributed by atoms with Crippen LogP contribution in [0.3, 0.4) is 0 Å². The number of hydrogen-bond acceptors (Lipinski definition) is 8. The molecular formula is C22H27N7O3S. The number of morpholine rings is 1. The topological polar surface area (TPSA) is 107 Å². The van der Waals surface area contributed by atoms with Crippen LogP contribution in [0.25, 0.3) is 28.0 Å². The van der Waals surface area contributed by atoms with Crippen LogP contribution in [0.5, 0.6) is 0 Å². The van der Waals surface area contributed by atoms with Crippen molar-refractivity contribution in [2.24, 2.45) is 0 Å². The van der Waals surface area contributed by atoms with Gasteiger partial charge in [0.25, 0.3) is 0 Å². The van der Waals surface area contributed by atoms with E-state index in [4.69, 9.17) is 14.7 Å². The van der Waals surface area contributed by atoms with Gasteiger partial charge in [-0.15, -0.1) is 0 Å². The Morgan fingerprint density at radius 2 is 1.94 bits per heavy atom. The first-order valence-corrected chi connectivity index (χ1v) is 12.5. The number of nitrogens with zero attached hydrogens (tertiary/aromatic N) is 6. The summed E-state index contributed by atoms with van der Waals surface area (Å²) in [5.74, 6) is 1.61. The van der Waals surface area contributed by atoms with Crippen molar-refractivity contribution in [3.05, 3.63) is 36.5 Å². The van der Waals surface area contributed by atoms with Crippen molar-refractivity contribution < 1.29 is 13.2 Å². The van der Waals surface area contributed by atoms with Crippen molar-refractivity contribution in [3.8, 4) is 5.95 Å². The Balaban J connectivity index is 1.84. The van der Waals surface area contributed by atoms with Gasteiger partial charge in [0, 0.05) is 19.8 Å². The van der Waals surface area contributed by atoms with Crippen molar-refractivity contribution >= 4 is 43.9 Å². The van der Waals surface area contributed by atoms with Crippen LogP contribution in [0.15, 0.2) is 36.5 Å². The van der Waals surface area contributed by atoms with Gasteiger partial charge in [0.15, 0.2) is 5.65 Å². The van der Waals surface area contributed by atoms with E-state index in [1.165, 1.54) is 3.97 Å². The van der Waals surface area contributed by atoms with Gasteiger partial charge in [0.2, 0.25) is 21.9 Å². The number of benzene rings is 1. The van der Waals surface area contributed by atoms with E-state index in [9.17, 15) is 8.42 Å². The SMILES string of the molecule is CNc1nc2ccccc2n1-c1nc(N2CCOCC2C)c2ccn(S(=O)(=O)C(C)C)c2n1. The molecule has 1 atom stereocenters. The average molecular weight is 470 g/mol. The zero-order valence-corrected chi connectivity index (χ0v) is 19.9. The molecule has 1 aliphatic rings. The molecule has 1 fully saturated rings. The second-order valence-corrected chi connectivity index (χ2v) is 10.8. The number of para-hydroxylation sites is 2. The van der Waals surface area contributed by atoms with Gasteiger partial charge in [0.1, 0.15) is 5.82 Å². The summed E-state index contributed by atoms with van der Waals surface area (Å²) in [7, 11) is -1.84. The Labute approximate surface area is 192 Å². The normalized spacial score (nSPS) is 17.4. The van der Waals surface area contributed by atoms with E-state index in [1.54, 1.807) is 33.2 Å². The van der Waals surface area contributed by atoms with Crippen LogP contribution in [0, 0.1) is 0 Å². The standard InChI is InChI=1S/C22H27N7O3S/c1-14(2)33(30,31)28-10-9-16-19(27-11-12-32-13-15(27)3)25-22(26-20(16)28)29-18-8-6-5-7-17(18)24-21(29)23-4/h5-10,14-15H,11-13H2,1-4H3,(H,23,24). The summed E-state index contributed by atoms with van der Waals surface area (Å²) in [6.07, 6.45) is 1.57. The molecule has 1 aromatic carbocycles. The smallest absolute Gasteiger partial charge is 0.242 e. The van der Waals surface area contributed by atoms with E-state index < -0.39 is 15.3 Å². The van der Waals surface area contributed by atoms with Gasteiger partial charge < -0.3 is 15.0 Å². The van der Waals surface area contributed by atoms with Crippen LogP contribution in [-0.4, -0.2) is 70.0 Å². The molecule has 0 aliphatic carbocycles. The Kier molecular flexibility index (Phi) is 5.25. The minimum absolute atomic E-state index is 0.0815. The third kappa shape index (κ3) is 3.42. The number of rotatable bonds is 5. The van der Waals surface area contributed by atoms with Crippen LogP contribution in [-0.2, 0) is 14.8 Å². The number of nitrogens with one attached hydrogen (secondary N) is 1. The third-order valence-electron chi connectivity index (χ3n) is 5.97. The maximum Gasteiger partial charge on any atom is 0.242 e. The lowest BCUT2D eigenvalue weighted by Gasteiger charge is -2.34. The first kappa shape index (κ1) is 21.7. The fourth-order valence-electron chi connectivity index (χ4n) is 4.15. The van der Waals surface area contributed by atoms with E-state index in [0.717, 1.165) is 11.0 Å². The van der Waals surface area contributed by atoms with Gasteiger partial charge >= 0.3 is 0 Å². The molecule has 0 radical (unpaired) electrons. The minimum Gasteiger partial charge on any atom is -0.377 e. The molecule has 4 heterocycles. The summed E-state index contributed by atoms with van der Waals surface area (Å²) >= 11 is 0. The van der Waals surface area contributed by atoms with E-state index in [1.807, 2.05) is 28.8 Å². The zero-order valence-electron chi connectivity index (χ0n) is 19.1. The van der Waals surface area contributed by atoms with E-state index in [2.05, 4.69) is 22.1 Å². The maximum absolute atomic E-state index is 13.1. The molecule has 1 N–H and O–H groups in total. The summed E-state index contributed by atoms with van der Waals surface area (Å²) in [5, 5.41) is 3.20. The predicted octanol–water partition coefficient (Wildman–Crippen LogP) is 2.62. The molecule has 10 nitrogen and oxygen atoms in total. The number of fused-ring (bicyclic) bond motifs is 2. The fraction of sp³-hybridized carbons (Fsp3) is 0.409. The molecule has 33 heavy (non-hydrogen) atoms. The first-order chi connectivity index (χ1) is 15.8. The lowest BCUT2D eigenvalue weighted by molar-refractivity contribution is 0.0987. The maximum atomic E-state index is 13.1. The summed E-state index contributed by atoms with van der Waals surface area (Å²) < 4.78 is 35.0. The molecule has 1 saturated heterocycles. The quantitative estimate of drug-likeness (QED) is 0.475. The highest BCUT2D eigenvalue weighted by molar-refractivity contribution is 7.90. The van der Waals surface area contributed by atoms with Crippen molar-refractivity contribution in [2.75, 3.05) is 37.0 Å². The van der Waals surface area contributed by atoms with Crippen LogP contribution >= 0.6 is 0 Å². The number of imidazole rings is 1. The van der Waals surface area contributed by atoms with Gasteiger partial charge in [-0.05, 0) is 39.0 Å². The zero-order chi connectivity index (χ0) is 23.3. The number of ether oxygens (including phenoxy) is 1. The molecule has 0 amide bonds. The molecule has 3 aromatic heterocycles. The predicted molar refractivity (Wildman–Crippen MR) is 129 cm³/mol. The van der Waals surface area contributed by atoms with Gasteiger partial charge in [-0.2, -0.15) is 9.97 Å². The van der Waals surface area contributed by atoms with Crippen molar-refractivity contribution in [1.82, 2.24) is 23.5 Å². The lowest BCUT2D eigenvalue weighted by atomic mass is 10.2. The molecule has 174 valence electrons. The monoisotopic (exact) mass is 469 g/mol. The second kappa shape index (κ2) is 7.99. The van der Waals surface area contributed by atoms with Crippen LogP contribution < -0.4 is 10.2 Å². The van der Waals surface area contributed by atoms with E-state index in [0.29, 0.717) is 48.5 Å². The highest BCUT2D eigenvalue weighted by Crippen LogP contribution is 2.32. The van der Waals surface area contributed by atoms with Gasteiger partial charge in [-0.1, -0.05) is 12.1 Å². The van der Waals surface area contributed by atoms with Gasteiger partial charge in [-0.25, -0.2) is 21.9 Å². The highest BCUT2D eigenvalue weighted by atomic mass is 32.2. The van der Waals surface area contributed by atoms with Crippen molar-refractivity contribution in [1.29, 1.82) is 0 Å². The van der Waals surface area contributed by atoms with Crippen molar-refractivity contribution in [3.63, 3.8) is 0 Å². The average Bonchev–Trinajstić information content (AvgIpc) is 3.40. The Morgan fingerprint density at radius 1 is 1.15 bits per heavy atom. The molecule has 0 saturated carbocycles. The van der Waals surface area contributed by atoms with Crippen molar-refractivity contribution in [2.45, 2.75) is 32.1 Å². The third-order valence-corrected chi connectivity index (χ3v) is 8.01. The molecule has 1 unspecified atom stereocenters. The molecule has 0 bridgehead atoms. The van der Waals surface area contributed by atoms with Crippen LogP contribution in [0.4, 0.5) is 11.8 Å². The summed E-state index contributed by atoms with van der Waals surface area (Å²) in [4.78, 5) is 16.5. The summed E-state index contributed by atoms with van der Waals surface area (Å²) in [6, 6.07) is 9.57. The first-order valence-electron chi connectivity index (χ1n) is 11.0. The highest BCUT2D eigenvalue weighted by Gasteiger charge is 2.28. The summed E-state index contributed by atoms with van der Waals surface area (Å²) in [5.41, 5.74) is 1.96. The minimum atomic E-state index is -3.62. The van der Waals surface area contributed by atoms with Crippen LogP contribution in [0.2, 0.25) is 0 Å². The largest absolute Gasteiger partial charge is 0.377 e. The van der Waals surface area contributed by atoms with Gasteiger partial charge in [0.05, 0.1) is 40.9 Å². The van der Waals surface area contributed by atoms with E-state index >= 15 is 0 Å². The molecule has 0 spiro atoms. The molecule has 5 rings (SSSR count). The Morgan fingerprint density at radius 3 is 2.67 bits per heavy atom. The molecule has 4 aromatic rings. The molecule has 1 aliphatic heterocycles. The number of hydrogen-bond donors (Lipinski definition) is 1. The van der Waals surface area contributed by atoms with Crippen LogP contribution in [0.1, 0.15) is 20.8 Å².